The zero-order chi connectivity index (χ0) is 22.2. The zero-order valence-electron chi connectivity index (χ0n) is 17.3. The Morgan fingerprint density at radius 2 is 1.81 bits per heavy atom. The molecule has 1 saturated carbocycles. The van der Waals surface area contributed by atoms with Crippen LogP contribution in [-0.2, 0) is 0 Å². The van der Waals surface area contributed by atoms with Gasteiger partial charge in [-0.2, -0.15) is 14.8 Å². The molecule has 6 heteroatoms. The van der Waals surface area contributed by atoms with E-state index in [9.17, 15) is 9.65 Å². The predicted octanol–water partition coefficient (Wildman–Crippen LogP) is 6.09. The van der Waals surface area contributed by atoms with Crippen LogP contribution in [0, 0.1) is 29.0 Å². The number of aromatic amines is 1. The average molecular weight is 427 g/mol. The third kappa shape index (κ3) is 3.32. The molecule has 0 radical (unpaired) electrons. The molecule has 5 rings (SSSR count). The normalized spacial score (nSPS) is 14.2. The quantitative estimate of drug-likeness (QED) is 0.392. The maximum absolute atomic E-state index is 15.3. The molecule has 1 heterocycles. The standard InChI is InChI=1S/C26H19F2N3O/c1-32-17-9-10-19(21(27)13-17)24(16-7-8-16)23(15-5-3-2-4-6-15)18-11-12-22-25(20(18)14-29)26(28)31-30-22/h2-6,9-13,16H,7-8H2,1H3,(H,30,31)/b24-23+. The molecule has 0 amide bonds. The minimum absolute atomic E-state index is 0.142. The van der Waals surface area contributed by atoms with Crippen molar-refractivity contribution in [3.8, 4) is 11.8 Å². The molecule has 1 aromatic heterocycles. The van der Waals surface area contributed by atoms with Gasteiger partial charge in [0.05, 0.1) is 23.6 Å². The van der Waals surface area contributed by atoms with Crippen molar-refractivity contribution in [2.24, 2.45) is 5.92 Å². The van der Waals surface area contributed by atoms with E-state index in [4.69, 9.17) is 4.74 Å². The van der Waals surface area contributed by atoms with Gasteiger partial charge >= 0.3 is 0 Å². The van der Waals surface area contributed by atoms with Gasteiger partial charge in [0, 0.05) is 17.2 Å². The summed E-state index contributed by atoms with van der Waals surface area (Å²) in [5, 5.41) is 16.4. The molecule has 0 saturated heterocycles. The van der Waals surface area contributed by atoms with Gasteiger partial charge in [-0.25, -0.2) is 4.39 Å². The number of benzene rings is 3. The van der Waals surface area contributed by atoms with E-state index in [1.807, 2.05) is 30.3 Å². The Morgan fingerprint density at radius 1 is 1.06 bits per heavy atom. The number of nitrogens with zero attached hydrogens (tertiary/aromatic N) is 2. The summed E-state index contributed by atoms with van der Waals surface area (Å²) in [5.74, 6) is -0.477. The molecule has 4 nitrogen and oxygen atoms in total. The number of methoxy groups -OCH3 is 1. The second-order valence-electron chi connectivity index (χ2n) is 7.81. The number of aromatic nitrogens is 2. The van der Waals surface area contributed by atoms with E-state index in [1.54, 1.807) is 24.3 Å². The van der Waals surface area contributed by atoms with Gasteiger partial charge in [-0.15, -0.1) is 0 Å². The number of nitriles is 1. The highest BCUT2D eigenvalue weighted by atomic mass is 19.1. The van der Waals surface area contributed by atoms with Crippen LogP contribution >= 0.6 is 0 Å². The number of allylic oxidation sites excluding steroid dienone is 1. The molecule has 4 aromatic rings. The molecule has 0 unspecified atom stereocenters. The van der Waals surface area contributed by atoms with E-state index in [-0.39, 0.29) is 16.9 Å². The molecule has 0 bridgehead atoms. The number of halogens is 2. The lowest BCUT2D eigenvalue weighted by atomic mass is 9.84. The van der Waals surface area contributed by atoms with Crippen LogP contribution in [0.5, 0.6) is 5.75 Å². The van der Waals surface area contributed by atoms with Gasteiger partial charge in [-0.3, -0.25) is 5.10 Å². The third-order valence-corrected chi connectivity index (χ3v) is 5.84. The van der Waals surface area contributed by atoms with Gasteiger partial charge in [0.25, 0.3) is 0 Å². The van der Waals surface area contributed by atoms with Crippen molar-refractivity contribution in [1.29, 1.82) is 5.26 Å². The van der Waals surface area contributed by atoms with Crippen molar-refractivity contribution in [2.45, 2.75) is 12.8 Å². The number of ether oxygens (including phenoxy) is 1. The second-order valence-corrected chi connectivity index (χ2v) is 7.81. The minimum Gasteiger partial charge on any atom is -0.497 e. The first-order valence-electron chi connectivity index (χ1n) is 10.3. The van der Waals surface area contributed by atoms with E-state index in [0.717, 1.165) is 29.6 Å². The van der Waals surface area contributed by atoms with E-state index in [2.05, 4.69) is 16.3 Å². The maximum atomic E-state index is 15.3. The number of nitrogens with one attached hydrogen (secondary N) is 1. The number of rotatable bonds is 5. The third-order valence-electron chi connectivity index (χ3n) is 5.84. The number of fused-ring (bicyclic) bond motifs is 1. The molecule has 1 aliphatic rings. The second kappa shape index (κ2) is 7.93. The Bertz CT molecular complexity index is 1400. The summed E-state index contributed by atoms with van der Waals surface area (Å²) in [4.78, 5) is 0. The van der Waals surface area contributed by atoms with Gasteiger partial charge in [0.15, 0.2) is 0 Å². The lowest BCUT2D eigenvalue weighted by Gasteiger charge is -2.19. The van der Waals surface area contributed by atoms with Crippen LogP contribution < -0.4 is 4.74 Å². The van der Waals surface area contributed by atoms with Crippen molar-refractivity contribution in [1.82, 2.24) is 10.2 Å². The first-order chi connectivity index (χ1) is 15.6. The first kappa shape index (κ1) is 20.0. The van der Waals surface area contributed by atoms with Gasteiger partial charge in [-0.05, 0) is 53.7 Å². The monoisotopic (exact) mass is 427 g/mol. The van der Waals surface area contributed by atoms with E-state index in [1.165, 1.54) is 13.2 Å². The molecule has 0 aliphatic heterocycles. The van der Waals surface area contributed by atoms with Crippen molar-refractivity contribution in [2.75, 3.05) is 7.11 Å². The minimum atomic E-state index is -0.658. The van der Waals surface area contributed by atoms with Crippen molar-refractivity contribution in [3.05, 3.63) is 94.7 Å². The lowest BCUT2D eigenvalue weighted by molar-refractivity contribution is 0.411. The van der Waals surface area contributed by atoms with Crippen molar-refractivity contribution >= 4 is 22.0 Å². The molecule has 0 spiro atoms. The molecule has 0 atom stereocenters. The van der Waals surface area contributed by atoms with Gasteiger partial charge in [0.1, 0.15) is 17.6 Å². The van der Waals surface area contributed by atoms with Crippen molar-refractivity contribution < 1.29 is 13.5 Å². The highest BCUT2D eigenvalue weighted by molar-refractivity contribution is 6.04. The topological polar surface area (TPSA) is 61.7 Å². The number of H-pyrrole nitrogens is 1. The van der Waals surface area contributed by atoms with E-state index in [0.29, 0.717) is 22.4 Å². The summed E-state index contributed by atoms with van der Waals surface area (Å²) in [6.45, 7) is 0. The van der Waals surface area contributed by atoms with Crippen LogP contribution in [0.4, 0.5) is 8.78 Å². The summed E-state index contributed by atoms with van der Waals surface area (Å²) < 4.78 is 35.0. The first-order valence-corrected chi connectivity index (χ1v) is 10.3. The number of hydrogen-bond donors (Lipinski definition) is 1. The lowest BCUT2D eigenvalue weighted by Crippen LogP contribution is -2.02. The Hall–Kier alpha value is -3.98. The van der Waals surface area contributed by atoms with Crippen molar-refractivity contribution in [3.63, 3.8) is 0 Å². The van der Waals surface area contributed by atoms with Crippen LogP contribution in [0.2, 0.25) is 0 Å². The largest absolute Gasteiger partial charge is 0.497 e. The van der Waals surface area contributed by atoms with Gasteiger partial charge in [0.2, 0.25) is 5.95 Å². The fourth-order valence-electron chi connectivity index (χ4n) is 4.23. The smallest absolute Gasteiger partial charge is 0.218 e. The highest BCUT2D eigenvalue weighted by Crippen LogP contribution is 2.49. The fourth-order valence-corrected chi connectivity index (χ4v) is 4.23. The van der Waals surface area contributed by atoms with Gasteiger partial charge in [-0.1, -0.05) is 36.4 Å². The summed E-state index contributed by atoms with van der Waals surface area (Å²) in [6, 6.07) is 20.0. The molecule has 1 fully saturated rings. The summed E-state index contributed by atoms with van der Waals surface area (Å²) in [6.07, 6.45) is 1.84. The van der Waals surface area contributed by atoms with Gasteiger partial charge < -0.3 is 4.74 Å². The highest BCUT2D eigenvalue weighted by Gasteiger charge is 2.33. The SMILES string of the molecule is COc1ccc(/C(=C(\c2ccccc2)c2ccc3n[nH]c(F)c3c2C#N)C2CC2)c(F)c1. The van der Waals surface area contributed by atoms with Crippen LogP contribution in [0.25, 0.3) is 22.0 Å². The fraction of sp³-hybridized carbons (Fsp3) is 0.154. The zero-order valence-corrected chi connectivity index (χ0v) is 17.3. The maximum Gasteiger partial charge on any atom is 0.218 e. The molecule has 1 N–H and O–H groups in total. The molecule has 32 heavy (non-hydrogen) atoms. The molecular formula is C26H19F2N3O. The average Bonchev–Trinajstić information content (AvgIpc) is 3.60. The van der Waals surface area contributed by atoms with Crippen LogP contribution in [-0.4, -0.2) is 17.3 Å². The Labute approximate surface area is 183 Å². The molecule has 3 aromatic carbocycles. The Morgan fingerprint density at radius 3 is 2.47 bits per heavy atom. The van der Waals surface area contributed by atoms with Crippen LogP contribution in [0.15, 0.2) is 60.7 Å². The molecular weight excluding hydrogens is 408 g/mol. The Kier molecular flexibility index (Phi) is 4.95. The Balaban J connectivity index is 1.88. The summed E-state index contributed by atoms with van der Waals surface area (Å²) >= 11 is 0. The van der Waals surface area contributed by atoms with E-state index >= 15 is 4.39 Å². The summed E-state index contributed by atoms with van der Waals surface area (Å²) in [7, 11) is 1.50. The molecule has 158 valence electrons. The summed E-state index contributed by atoms with van der Waals surface area (Å²) in [5.41, 5.74) is 3.96. The van der Waals surface area contributed by atoms with Crippen LogP contribution in [0.1, 0.15) is 35.1 Å². The van der Waals surface area contributed by atoms with Crippen LogP contribution in [0.3, 0.4) is 0 Å². The number of hydrogen-bond acceptors (Lipinski definition) is 3. The predicted molar refractivity (Wildman–Crippen MR) is 119 cm³/mol. The van der Waals surface area contributed by atoms with E-state index < -0.39 is 11.8 Å². The molecule has 1 aliphatic carbocycles.